The van der Waals surface area contributed by atoms with Crippen LogP contribution < -0.4 is 19.6 Å². The molecule has 2 aromatic rings. The maximum Gasteiger partial charge on any atom is 0.271 e. The molecule has 7 heteroatoms. The van der Waals surface area contributed by atoms with Crippen molar-refractivity contribution < 1.29 is 19.0 Å². The summed E-state index contributed by atoms with van der Waals surface area (Å²) in [6.45, 7) is 0.967. The van der Waals surface area contributed by atoms with Crippen LogP contribution in [-0.2, 0) is 0 Å². The van der Waals surface area contributed by atoms with Crippen molar-refractivity contribution in [3.63, 3.8) is 0 Å². The van der Waals surface area contributed by atoms with E-state index in [0.717, 1.165) is 0 Å². The number of hydrogen-bond donors (Lipinski definition) is 1. The van der Waals surface area contributed by atoms with E-state index in [1.165, 1.54) is 6.21 Å². The van der Waals surface area contributed by atoms with E-state index in [-0.39, 0.29) is 5.91 Å². The molecule has 124 valence electrons. The molecule has 1 heterocycles. The average molecular weight is 347 g/mol. The number of carbonyl (C=O) groups excluding carboxylic acids is 1. The van der Waals surface area contributed by atoms with E-state index in [4.69, 9.17) is 25.8 Å². The van der Waals surface area contributed by atoms with Crippen LogP contribution in [0.3, 0.4) is 0 Å². The summed E-state index contributed by atoms with van der Waals surface area (Å²) < 4.78 is 16.1. The molecular weight excluding hydrogens is 332 g/mol. The van der Waals surface area contributed by atoms with Crippen LogP contribution in [0.25, 0.3) is 0 Å². The second kappa shape index (κ2) is 7.23. The molecule has 0 bridgehead atoms. The van der Waals surface area contributed by atoms with Crippen LogP contribution in [-0.4, -0.2) is 32.4 Å². The first-order valence-corrected chi connectivity index (χ1v) is 7.62. The van der Waals surface area contributed by atoms with Crippen LogP contribution in [0.15, 0.2) is 41.5 Å². The molecule has 0 fully saturated rings. The lowest BCUT2D eigenvalue weighted by atomic mass is 10.2. The minimum Gasteiger partial charge on any atom is -0.496 e. The van der Waals surface area contributed by atoms with Gasteiger partial charge in [0.05, 0.1) is 13.3 Å². The van der Waals surface area contributed by atoms with E-state index in [2.05, 4.69) is 10.5 Å². The number of hydrogen-bond acceptors (Lipinski definition) is 5. The molecule has 3 rings (SSSR count). The molecule has 24 heavy (non-hydrogen) atoms. The fraction of sp³-hybridized carbons (Fsp3) is 0.176. The number of methoxy groups -OCH3 is 1. The Bertz CT molecular complexity index is 792. The van der Waals surface area contributed by atoms with Gasteiger partial charge in [-0.3, -0.25) is 4.79 Å². The Balaban J connectivity index is 1.70. The van der Waals surface area contributed by atoms with Crippen molar-refractivity contribution in [1.82, 2.24) is 5.43 Å². The minimum atomic E-state index is -0.357. The van der Waals surface area contributed by atoms with E-state index >= 15 is 0 Å². The van der Waals surface area contributed by atoms with Crippen LogP contribution in [0.2, 0.25) is 5.02 Å². The van der Waals surface area contributed by atoms with Gasteiger partial charge in [-0.05, 0) is 36.4 Å². The van der Waals surface area contributed by atoms with E-state index in [1.807, 2.05) is 0 Å². The number of amides is 1. The molecule has 0 aromatic heterocycles. The normalized spacial score (nSPS) is 12.9. The number of rotatable bonds is 4. The van der Waals surface area contributed by atoms with Gasteiger partial charge < -0.3 is 14.2 Å². The fourth-order valence-corrected chi connectivity index (χ4v) is 2.40. The zero-order valence-electron chi connectivity index (χ0n) is 12.9. The molecule has 0 unspecified atom stereocenters. The minimum absolute atomic E-state index is 0.357. The Morgan fingerprint density at radius 1 is 1.21 bits per heavy atom. The quantitative estimate of drug-likeness (QED) is 0.682. The number of nitrogens with zero attached hydrogens (tertiary/aromatic N) is 1. The summed E-state index contributed by atoms with van der Waals surface area (Å²) in [6.07, 6.45) is 1.47. The molecule has 1 amide bonds. The fourth-order valence-electron chi connectivity index (χ4n) is 2.22. The molecule has 0 atom stereocenters. The second-order valence-electron chi connectivity index (χ2n) is 4.94. The highest BCUT2D eigenvalue weighted by Crippen LogP contribution is 2.30. The summed E-state index contributed by atoms with van der Waals surface area (Å²) in [5, 5.41) is 4.50. The summed E-state index contributed by atoms with van der Waals surface area (Å²) in [4.78, 5) is 12.2. The third-order valence-corrected chi connectivity index (χ3v) is 3.60. The number of halogens is 1. The zero-order valence-corrected chi connectivity index (χ0v) is 13.7. The lowest BCUT2D eigenvalue weighted by Crippen LogP contribution is -2.19. The van der Waals surface area contributed by atoms with Gasteiger partial charge in [0, 0.05) is 16.1 Å². The summed E-state index contributed by atoms with van der Waals surface area (Å²) >= 11 is 5.95. The van der Waals surface area contributed by atoms with Crippen molar-refractivity contribution in [2.24, 2.45) is 5.10 Å². The van der Waals surface area contributed by atoms with Crippen LogP contribution in [0.4, 0.5) is 0 Å². The molecular formula is C17H15ClN2O4. The molecule has 1 aliphatic heterocycles. The van der Waals surface area contributed by atoms with Gasteiger partial charge >= 0.3 is 0 Å². The number of benzene rings is 2. The van der Waals surface area contributed by atoms with Gasteiger partial charge in [-0.15, -0.1) is 0 Å². The van der Waals surface area contributed by atoms with Crippen molar-refractivity contribution >= 4 is 23.7 Å². The molecule has 2 aromatic carbocycles. The van der Waals surface area contributed by atoms with Crippen LogP contribution in [0.1, 0.15) is 15.9 Å². The van der Waals surface area contributed by atoms with Crippen LogP contribution in [0, 0.1) is 0 Å². The van der Waals surface area contributed by atoms with Crippen LogP contribution >= 0.6 is 11.6 Å². The predicted molar refractivity (Wildman–Crippen MR) is 90.5 cm³/mol. The average Bonchev–Trinajstić information content (AvgIpc) is 2.61. The van der Waals surface area contributed by atoms with Crippen molar-refractivity contribution in [3.8, 4) is 17.2 Å². The summed E-state index contributed by atoms with van der Waals surface area (Å²) in [5.74, 6) is 1.43. The van der Waals surface area contributed by atoms with Gasteiger partial charge in [0.15, 0.2) is 11.5 Å². The lowest BCUT2D eigenvalue weighted by Gasteiger charge is -2.18. The summed E-state index contributed by atoms with van der Waals surface area (Å²) in [7, 11) is 1.55. The van der Waals surface area contributed by atoms with Gasteiger partial charge in [-0.25, -0.2) is 5.43 Å². The third-order valence-electron chi connectivity index (χ3n) is 3.37. The van der Waals surface area contributed by atoms with Crippen molar-refractivity contribution in [2.45, 2.75) is 0 Å². The first kappa shape index (κ1) is 16.1. The number of fused-ring (bicyclic) bond motifs is 1. The van der Waals surface area contributed by atoms with Crippen molar-refractivity contribution in [1.29, 1.82) is 0 Å². The van der Waals surface area contributed by atoms with Gasteiger partial charge in [-0.2, -0.15) is 5.10 Å². The Labute approximate surface area is 144 Å². The molecule has 0 aliphatic carbocycles. The van der Waals surface area contributed by atoms with Crippen molar-refractivity contribution in [3.05, 3.63) is 52.5 Å². The Morgan fingerprint density at radius 2 is 2.00 bits per heavy atom. The molecule has 6 nitrogen and oxygen atoms in total. The first-order chi connectivity index (χ1) is 11.7. The maximum atomic E-state index is 12.2. The van der Waals surface area contributed by atoms with Gasteiger partial charge in [0.1, 0.15) is 19.0 Å². The molecule has 0 radical (unpaired) electrons. The Morgan fingerprint density at radius 3 is 2.79 bits per heavy atom. The maximum absolute atomic E-state index is 12.2. The standard InChI is InChI=1S/C17H15ClN2O4/c1-22-14-5-3-13(18)8-12(14)10-19-20-17(21)11-2-4-15-16(9-11)24-7-6-23-15/h2-5,8-10H,6-7H2,1H3,(H,20,21)/b19-10+. The SMILES string of the molecule is COc1ccc(Cl)cc1/C=N/NC(=O)c1ccc2c(c1)OCCO2. The van der Waals surface area contributed by atoms with Gasteiger partial charge in [0.2, 0.25) is 0 Å². The molecule has 1 N–H and O–H groups in total. The number of hydrazone groups is 1. The molecule has 0 saturated heterocycles. The number of ether oxygens (including phenoxy) is 3. The monoisotopic (exact) mass is 346 g/mol. The third kappa shape index (κ3) is 3.60. The van der Waals surface area contributed by atoms with E-state index in [9.17, 15) is 4.79 Å². The zero-order chi connectivity index (χ0) is 16.9. The summed E-state index contributed by atoms with van der Waals surface area (Å²) in [6, 6.07) is 10.1. The largest absolute Gasteiger partial charge is 0.496 e. The van der Waals surface area contributed by atoms with Crippen molar-refractivity contribution in [2.75, 3.05) is 20.3 Å². The Hall–Kier alpha value is -2.73. The highest BCUT2D eigenvalue weighted by atomic mass is 35.5. The summed E-state index contributed by atoms with van der Waals surface area (Å²) in [5.41, 5.74) is 3.55. The highest BCUT2D eigenvalue weighted by molar-refractivity contribution is 6.30. The number of carbonyl (C=O) groups is 1. The van der Waals surface area contributed by atoms with Gasteiger partial charge in [0.25, 0.3) is 5.91 Å². The highest BCUT2D eigenvalue weighted by Gasteiger charge is 2.14. The smallest absolute Gasteiger partial charge is 0.271 e. The van der Waals surface area contributed by atoms with E-state index in [0.29, 0.717) is 46.6 Å². The van der Waals surface area contributed by atoms with E-state index < -0.39 is 0 Å². The molecule has 1 aliphatic rings. The first-order valence-electron chi connectivity index (χ1n) is 7.24. The second-order valence-corrected chi connectivity index (χ2v) is 5.38. The number of nitrogens with one attached hydrogen (secondary N) is 1. The predicted octanol–water partition coefficient (Wildman–Crippen LogP) is 2.88. The van der Waals surface area contributed by atoms with E-state index in [1.54, 1.807) is 43.5 Å². The Kier molecular flexibility index (Phi) is 4.86. The van der Waals surface area contributed by atoms with Gasteiger partial charge in [-0.1, -0.05) is 11.6 Å². The van der Waals surface area contributed by atoms with Crippen LogP contribution in [0.5, 0.6) is 17.2 Å². The molecule has 0 saturated carbocycles. The molecule has 0 spiro atoms. The lowest BCUT2D eigenvalue weighted by molar-refractivity contribution is 0.0954. The topological polar surface area (TPSA) is 69.2 Å².